The normalized spacial score (nSPS) is 22.8. The standard InChI is InChI=1S/C19H23N3O4S/c23-17-5-11-27-16-4-3-13(12-14(16)20-17)18(24)21-6-8-22(9-7-21)19(25)15-2-1-10-26-15/h3-4,12,15H,1-2,5-11H2,(H,20,23)/t15-/m1/s1. The molecule has 2 fully saturated rings. The molecule has 0 spiro atoms. The van der Waals surface area contributed by atoms with Crippen molar-refractivity contribution in [2.45, 2.75) is 30.3 Å². The molecule has 2 saturated heterocycles. The molecule has 8 heteroatoms. The number of hydrogen-bond acceptors (Lipinski definition) is 5. The fourth-order valence-electron chi connectivity index (χ4n) is 3.64. The van der Waals surface area contributed by atoms with Crippen molar-refractivity contribution in [2.75, 3.05) is 43.9 Å². The molecule has 0 saturated carbocycles. The lowest BCUT2D eigenvalue weighted by Gasteiger charge is -2.35. The number of nitrogens with zero attached hydrogens (tertiary/aromatic N) is 2. The van der Waals surface area contributed by atoms with Gasteiger partial charge in [0.15, 0.2) is 0 Å². The van der Waals surface area contributed by atoms with Gasteiger partial charge < -0.3 is 19.9 Å². The summed E-state index contributed by atoms with van der Waals surface area (Å²) in [4.78, 5) is 41.6. The van der Waals surface area contributed by atoms with Gasteiger partial charge in [-0.1, -0.05) is 0 Å². The van der Waals surface area contributed by atoms with Crippen LogP contribution < -0.4 is 5.32 Å². The topological polar surface area (TPSA) is 79.0 Å². The summed E-state index contributed by atoms with van der Waals surface area (Å²) < 4.78 is 5.48. The van der Waals surface area contributed by atoms with Gasteiger partial charge in [0, 0.05) is 55.4 Å². The highest BCUT2D eigenvalue weighted by Crippen LogP contribution is 2.31. The van der Waals surface area contributed by atoms with Gasteiger partial charge in [-0.05, 0) is 31.0 Å². The monoisotopic (exact) mass is 389 g/mol. The van der Waals surface area contributed by atoms with Gasteiger partial charge in [-0.25, -0.2) is 0 Å². The molecule has 1 aromatic carbocycles. The molecule has 4 rings (SSSR count). The first-order chi connectivity index (χ1) is 13.1. The zero-order chi connectivity index (χ0) is 18.8. The minimum absolute atomic E-state index is 0.0212. The maximum Gasteiger partial charge on any atom is 0.254 e. The molecule has 0 unspecified atom stereocenters. The first-order valence-electron chi connectivity index (χ1n) is 9.38. The number of amides is 3. The number of ether oxygens (including phenoxy) is 1. The molecule has 1 atom stereocenters. The molecule has 3 amide bonds. The van der Waals surface area contributed by atoms with Gasteiger partial charge in [-0.2, -0.15) is 0 Å². The van der Waals surface area contributed by atoms with E-state index in [-0.39, 0.29) is 23.8 Å². The van der Waals surface area contributed by atoms with Crippen LogP contribution in [0.25, 0.3) is 0 Å². The van der Waals surface area contributed by atoms with Crippen LogP contribution in [0.15, 0.2) is 23.1 Å². The summed E-state index contributed by atoms with van der Waals surface area (Å²) in [5.74, 6) is 0.703. The number of anilines is 1. The lowest BCUT2D eigenvalue weighted by atomic mass is 10.1. The Labute approximate surface area is 162 Å². The van der Waals surface area contributed by atoms with Crippen molar-refractivity contribution in [3.8, 4) is 0 Å². The third kappa shape index (κ3) is 3.96. The summed E-state index contributed by atoms with van der Waals surface area (Å²) in [7, 11) is 0. The van der Waals surface area contributed by atoms with E-state index in [0.717, 1.165) is 23.5 Å². The summed E-state index contributed by atoms with van der Waals surface area (Å²) in [6.07, 6.45) is 1.89. The number of carbonyl (C=O) groups is 3. The van der Waals surface area contributed by atoms with Crippen molar-refractivity contribution in [3.05, 3.63) is 23.8 Å². The Hall–Kier alpha value is -2.06. The largest absolute Gasteiger partial charge is 0.368 e. The van der Waals surface area contributed by atoms with E-state index in [1.54, 1.807) is 27.6 Å². The van der Waals surface area contributed by atoms with Gasteiger partial charge in [-0.15, -0.1) is 11.8 Å². The Bertz CT molecular complexity index is 755. The second kappa shape index (κ2) is 7.90. The highest BCUT2D eigenvalue weighted by atomic mass is 32.2. The Balaban J connectivity index is 1.39. The lowest BCUT2D eigenvalue weighted by molar-refractivity contribution is -0.142. The zero-order valence-electron chi connectivity index (χ0n) is 15.1. The average molecular weight is 389 g/mol. The summed E-state index contributed by atoms with van der Waals surface area (Å²) in [6, 6.07) is 5.48. The molecular formula is C19H23N3O4S. The summed E-state index contributed by atoms with van der Waals surface area (Å²) in [5.41, 5.74) is 1.27. The number of piperazine rings is 1. The first-order valence-corrected chi connectivity index (χ1v) is 10.4. The smallest absolute Gasteiger partial charge is 0.254 e. The van der Waals surface area contributed by atoms with Crippen molar-refractivity contribution in [2.24, 2.45) is 0 Å². The van der Waals surface area contributed by atoms with Crippen molar-refractivity contribution in [3.63, 3.8) is 0 Å². The molecule has 0 radical (unpaired) electrons. The third-order valence-electron chi connectivity index (χ3n) is 5.17. The van der Waals surface area contributed by atoms with Crippen molar-refractivity contribution in [1.82, 2.24) is 9.80 Å². The lowest BCUT2D eigenvalue weighted by Crippen LogP contribution is -2.52. The molecule has 0 aliphatic carbocycles. The van der Waals surface area contributed by atoms with Crippen molar-refractivity contribution >= 4 is 35.2 Å². The van der Waals surface area contributed by atoms with Gasteiger partial charge in [0.2, 0.25) is 5.91 Å². The van der Waals surface area contributed by atoms with Gasteiger partial charge in [0.25, 0.3) is 11.8 Å². The number of rotatable bonds is 2. The maximum absolute atomic E-state index is 12.9. The molecule has 3 aliphatic rings. The van der Waals surface area contributed by atoms with E-state index >= 15 is 0 Å². The van der Waals surface area contributed by atoms with E-state index in [4.69, 9.17) is 4.74 Å². The van der Waals surface area contributed by atoms with Crippen molar-refractivity contribution < 1.29 is 19.1 Å². The van der Waals surface area contributed by atoms with E-state index < -0.39 is 0 Å². The summed E-state index contributed by atoms with van der Waals surface area (Å²) >= 11 is 1.62. The minimum atomic E-state index is -0.307. The van der Waals surface area contributed by atoms with Crippen LogP contribution in [0.3, 0.4) is 0 Å². The molecular weight excluding hydrogens is 366 g/mol. The Morgan fingerprint density at radius 3 is 2.67 bits per heavy atom. The molecule has 3 aliphatic heterocycles. The highest BCUT2D eigenvalue weighted by molar-refractivity contribution is 7.99. The van der Waals surface area contributed by atoms with Crippen LogP contribution in [0.2, 0.25) is 0 Å². The minimum Gasteiger partial charge on any atom is -0.368 e. The van der Waals surface area contributed by atoms with Gasteiger partial charge in [0.05, 0.1) is 5.69 Å². The number of nitrogens with one attached hydrogen (secondary N) is 1. The highest BCUT2D eigenvalue weighted by Gasteiger charge is 2.31. The quantitative estimate of drug-likeness (QED) is 0.831. The molecule has 1 N–H and O–H groups in total. The van der Waals surface area contributed by atoms with Crippen LogP contribution >= 0.6 is 11.8 Å². The molecule has 3 heterocycles. The third-order valence-corrected chi connectivity index (χ3v) is 6.25. The van der Waals surface area contributed by atoms with E-state index in [1.165, 1.54) is 0 Å². The number of carbonyl (C=O) groups excluding carboxylic acids is 3. The Kier molecular flexibility index (Phi) is 5.36. The zero-order valence-corrected chi connectivity index (χ0v) is 15.9. The van der Waals surface area contributed by atoms with Crippen LogP contribution in [0.4, 0.5) is 5.69 Å². The number of thioether (sulfide) groups is 1. The van der Waals surface area contributed by atoms with Gasteiger partial charge in [0.1, 0.15) is 6.10 Å². The summed E-state index contributed by atoms with van der Waals surface area (Å²) in [5, 5.41) is 2.88. The van der Waals surface area contributed by atoms with Gasteiger partial charge >= 0.3 is 0 Å². The fourth-order valence-corrected chi connectivity index (χ4v) is 4.58. The molecule has 7 nitrogen and oxygen atoms in total. The fraction of sp³-hybridized carbons (Fsp3) is 0.526. The second-order valence-corrected chi connectivity index (χ2v) is 8.11. The number of benzene rings is 1. The first kappa shape index (κ1) is 18.3. The molecule has 0 aromatic heterocycles. The summed E-state index contributed by atoms with van der Waals surface area (Å²) in [6.45, 7) is 2.73. The van der Waals surface area contributed by atoms with Crippen LogP contribution in [0.1, 0.15) is 29.6 Å². The average Bonchev–Trinajstić information content (AvgIpc) is 3.16. The van der Waals surface area contributed by atoms with Crippen LogP contribution in [0.5, 0.6) is 0 Å². The molecule has 1 aromatic rings. The van der Waals surface area contributed by atoms with Crippen LogP contribution in [-0.4, -0.2) is 72.2 Å². The van der Waals surface area contributed by atoms with E-state index in [2.05, 4.69) is 5.32 Å². The van der Waals surface area contributed by atoms with Crippen LogP contribution in [-0.2, 0) is 14.3 Å². The number of fused-ring (bicyclic) bond motifs is 1. The van der Waals surface area contributed by atoms with E-state index in [1.807, 2.05) is 12.1 Å². The predicted octanol–water partition coefficient (Wildman–Crippen LogP) is 1.58. The van der Waals surface area contributed by atoms with Crippen molar-refractivity contribution in [1.29, 1.82) is 0 Å². The maximum atomic E-state index is 12.9. The SMILES string of the molecule is O=C1CCSc2ccc(C(=O)N3CCN(C(=O)[C@H]4CCCO4)CC3)cc2N1. The van der Waals surface area contributed by atoms with E-state index in [9.17, 15) is 14.4 Å². The molecule has 27 heavy (non-hydrogen) atoms. The number of hydrogen-bond donors (Lipinski definition) is 1. The molecule has 144 valence electrons. The molecule has 0 bridgehead atoms. The Morgan fingerprint density at radius 1 is 1.15 bits per heavy atom. The Morgan fingerprint density at radius 2 is 1.93 bits per heavy atom. The predicted molar refractivity (Wildman–Crippen MR) is 102 cm³/mol. The van der Waals surface area contributed by atoms with Gasteiger partial charge in [-0.3, -0.25) is 14.4 Å². The second-order valence-electron chi connectivity index (χ2n) is 6.98. The van der Waals surface area contributed by atoms with Crippen LogP contribution in [0, 0.1) is 0 Å². The van der Waals surface area contributed by atoms with E-state index in [0.29, 0.717) is 50.5 Å².